The van der Waals surface area contributed by atoms with Gasteiger partial charge in [-0.05, 0) is 25.0 Å². The summed E-state index contributed by atoms with van der Waals surface area (Å²) in [5, 5.41) is 9.96. The number of hydrogen-bond acceptors (Lipinski definition) is 4. The maximum absolute atomic E-state index is 11.1. The fourth-order valence-electron chi connectivity index (χ4n) is 2.08. The molecular weight excluding hydrogens is 236 g/mol. The van der Waals surface area contributed by atoms with Gasteiger partial charge in [0.25, 0.3) is 0 Å². The highest BCUT2D eigenvalue weighted by molar-refractivity contribution is 7.15. The zero-order valence-electron chi connectivity index (χ0n) is 8.96. The van der Waals surface area contributed by atoms with Gasteiger partial charge in [0, 0.05) is 22.8 Å². The molecule has 2 aromatic rings. The Morgan fingerprint density at radius 1 is 1.53 bits per heavy atom. The Kier molecular flexibility index (Phi) is 2.40. The smallest absolute Gasteiger partial charge is 0.312 e. The molecule has 1 unspecified atom stereocenters. The Hall–Kier alpha value is -1.75. The normalized spacial score (nSPS) is 18.0. The number of carbonyl (C=O) groups is 1. The van der Waals surface area contributed by atoms with Gasteiger partial charge in [0.1, 0.15) is 10.9 Å². The lowest BCUT2D eigenvalue weighted by atomic mass is 10.1. The largest absolute Gasteiger partial charge is 0.481 e. The molecule has 0 saturated heterocycles. The molecule has 0 fully saturated rings. The molecule has 4 nitrogen and oxygen atoms in total. The van der Waals surface area contributed by atoms with Gasteiger partial charge in [-0.15, -0.1) is 11.3 Å². The first-order valence-electron chi connectivity index (χ1n) is 5.38. The van der Waals surface area contributed by atoms with E-state index in [1.807, 2.05) is 12.1 Å². The van der Waals surface area contributed by atoms with Crippen LogP contribution in [0.1, 0.15) is 22.9 Å². The van der Waals surface area contributed by atoms with E-state index in [4.69, 9.17) is 5.11 Å². The van der Waals surface area contributed by atoms with E-state index in [1.165, 1.54) is 0 Å². The maximum atomic E-state index is 11.1. The van der Waals surface area contributed by atoms with Gasteiger partial charge in [-0.1, -0.05) is 0 Å². The van der Waals surface area contributed by atoms with Gasteiger partial charge in [-0.3, -0.25) is 9.78 Å². The fraction of sp³-hybridized carbons (Fsp3) is 0.250. The Labute approximate surface area is 102 Å². The standard InChI is InChI=1S/C12H10N2O2S/c15-12(16)8-3-4-9-10(8)14-11(17-9)7-2-1-5-13-6-7/h1-2,5-6,8H,3-4H2,(H,15,16). The molecule has 0 bridgehead atoms. The lowest BCUT2D eigenvalue weighted by Crippen LogP contribution is -2.08. The first-order valence-corrected chi connectivity index (χ1v) is 6.20. The number of carboxylic acids is 1. The third-order valence-corrected chi connectivity index (χ3v) is 4.10. The summed E-state index contributed by atoms with van der Waals surface area (Å²) in [4.78, 5) is 20.7. The number of fused-ring (bicyclic) bond motifs is 1. The second kappa shape index (κ2) is 3.92. The van der Waals surface area contributed by atoms with Gasteiger partial charge in [0.15, 0.2) is 0 Å². The lowest BCUT2D eigenvalue weighted by Gasteiger charge is -2.01. The maximum Gasteiger partial charge on any atom is 0.312 e. The topological polar surface area (TPSA) is 63.1 Å². The fourth-order valence-corrected chi connectivity index (χ4v) is 3.21. The summed E-state index contributed by atoms with van der Waals surface area (Å²) in [5.41, 5.74) is 1.71. The summed E-state index contributed by atoms with van der Waals surface area (Å²) in [6.45, 7) is 0. The third kappa shape index (κ3) is 1.72. The Morgan fingerprint density at radius 3 is 3.12 bits per heavy atom. The summed E-state index contributed by atoms with van der Waals surface area (Å²) in [6.07, 6.45) is 4.97. The molecule has 0 spiro atoms. The SMILES string of the molecule is O=C(O)C1CCc2sc(-c3cccnc3)nc21. The molecule has 0 amide bonds. The van der Waals surface area contributed by atoms with Crippen molar-refractivity contribution in [3.63, 3.8) is 0 Å². The predicted octanol–water partition coefficient (Wildman–Crippen LogP) is 2.32. The van der Waals surface area contributed by atoms with Crippen LogP contribution in [0, 0.1) is 0 Å². The zero-order valence-corrected chi connectivity index (χ0v) is 9.78. The molecule has 0 radical (unpaired) electrons. The molecule has 1 atom stereocenters. The van der Waals surface area contributed by atoms with Gasteiger partial charge >= 0.3 is 5.97 Å². The second-order valence-electron chi connectivity index (χ2n) is 4.00. The first-order chi connectivity index (χ1) is 8.25. The van der Waals surface area contributed by atoms with Crippen LogP contribution in [0.15, 0.2) is 24.5 Å². The van der Waals surface area contributed by atoms with Crippen molar-refractivity contribution in [2.75, 3.05) is 0 Å². The van der Waals surface area contributed by atoms with Crippen LogP contribution in [0.25, 0.3) is 10.6 Å². The minimum Gasteiger partial charge on any atom is -0.481 e. The van der Waals surface area contributed by atoms with Crippen molar-refractivity contribution in [3.05, 3.63) is 35.1 Å². The number of aliphatic carboxylic acids is 1. The molecule has 3 rings (SSSR count). The predicted molar refractivity (Wildman–Crippen MR) is 64.0 cm³/mol. The molecule has 86 valence electrons. The summed E-state index contributed by atoms with van der Waals surface area (Å²) in [6, 6.07) is 3.80. The van der Waals surface area contributed by atoms with E-state index >= 15 is 0 Å². The highest BCUT2D eigenvalue weighted by Crippen LogP contribution is 2.39. The number of thiazole rings is 1. The third-order valence-electron chi connectivity index (χ3n) is 2.92. The Balaban J connectivity index is 2.02. The van der Waals surface area contributed by atoms with Crippen LogP contribution in [0.4, 0.5) is 0 Å². The average Bonchev–Trinajstić information content (AvgIpc) is 2.88. The van der Waals surface area contributed by atoms with Crippen molar-refractivity contribution in [3.8, 4) is 10.6 Å². The van der Waals surface area contributed by atoms with Crippen molar-refractivity contribution in [2.24, 2.45) is 0 Å². The van der Waals surface area contributed by atoms with E-state index in [2.05, 4.69) is 9.97 Å². The van der Waals surface area contributed by atoms with Crippen LogP contribution in [0.2, 0.25) is 0 Å². The molecule has 1 aliphatic rings. The molecule has 2 aromatic heterocycles. The molecular formula is C12H10N2O2S. The van der Waals surface area contributed by atoms with Crippen molar-refractivity contribution in [2.45, 2.75) is 18.8 Å². The molecule has 0 saturated carbocycles. The highest BCUT2D eigenvalue weighted by Gasteiger charge is 2.32. The lowest BCUT2D eigenvalue weighted by molar-refractivity contribution is -0.138. The summed E-state index contributed by atoms with van der Waals surface area (Å²) in [7, 11) is 0. The number of nitrogens with zero attached hydrogens (tertiary/aromatic N) is 2. The quantitative estimate of drug-likeness (QED) is 0.883. The van der Waals surface area contributed by atoms with Crippen LogP contribution in [-0.2, 0) is 11.2 Å². The molecule has 0 aromatic carbocycles. The van der Waals surface area contributed by atoms with Crippen molar-refractivity contribution < 1.29 is 9.90 Å². The molecule has 5 heteroatoms. The summed E-state index contributed by atoms with van der Waals surface area (Å²) in [5.74, 6) is -1.20. The number of pyridine rings is 1. The molecule has 17 heavy (non-hydrogen) atoms. The Morgan fingerprint density at radius 2 is 2.41 bits per heavy atom. The van der Waals surface area contributed by atoms with Crippen molar-refractivity contribution in [1.29, 1.82) is 0 Å². The summed E-state index contributed by atoms with van der Waals surface area (Å²) < 4.78 is 0. The molecule has 1 aliphatic carbocycles. The number of carboxylic acid groups (broad SMARTS) is 1. The van der Waals surface area contributed by atoms with E-state index in [9.17, 15) is 4.79 Å². The number of aryl methyl sites for hydroxylation is 1. The number of aromatic nitrogens is 2. The highest BCUT2D eigenvalue weighted by atomic mass is 32.1. The van der Waals surface area contributed by atoms with Gasteiger partial charge in [0.2, 0.25) is 0 Å². The monoisotopic (exact) mass is 246 g/mol. The van der Waals surface area contributed by atoms with Gasteiger partial charge < -0.3 is 5.11 Å². The molecule has 2 heterocycles. The van der Waals surface area contributed by atoms with Crippen LogP contribution in [0.5, 0.6) is 0 Å². The minimum absolute atomic E-state index is 0.424. The minimum atomic E-state index is -0.771. The molecule has 1 N–H and O–H groups in total. The van der Waals surface area contributed by atoms with Gasteiger partial charge in [-0.2, -0.15) is 0 Å². The van der Waals surface area contributed by atoms with E-state index in [0.717, 1.165) is 27.6 Å². The van der Waals surface area contributed by atoms with E-state index in [0.29, 0.717) is 6.42 Å². The first kappa shape index (κ1) is 10.4. The van der Waals surface area contributed by atoms with Crippen molar-refractivity contribution >= 4 is 17.3 Å². The van der Waals surface area contributed by atoms with Crippen LogP contribution in [-0.4, -0.2) is 21.0 Å². The summed E-state index contributed by atoms with van der Waals surface area (Å²) >= 11 is 1.58. The van der Waals surface area contributed by atoms with Crippen molar-refractivity contribution in [1.82, 2.24) is 9.97 Å². The van der Waals surface area contributed by atoms with Crippen LogP contribution >= 0.6 is 11.3 Å². The van der Waals surface area contributed by atoms with E-state index < -0.39 is 11.9 Å². The van der Waals surface area contributed by atoms with Crippen LogP contribution in [0.3, 0.4) is 0 Å². The molecule has 0 aliphatic heterocycles. The number of hydrogen-bond donors (Lipinski definition) is 1. The number of rotatable bonds is 2. The van der Waals surface area contributed by atoms with E-state index in [-0.39, 0.29) is 0 Å². The zero-order chi connectivity index (χ0) is 11.8. The second-order valence-corrected chi connectivity index (χ2v) is 5.08. The van der Waals surface area contributed by atoms with Gasteiger partial charge in [-0.25, -0.2) is 4.98 Å². The van der Waals surface area contributed by atoms with Crippen LogP contribution < -0.4 is 0 Å². The van der Waals surface area contributed by atoms with Gasteiger partial charge in [0.05, 0.1) is 5.69 Å². The Bertz CT molecular complexity index is 565. The average molecular weight is 246 g/mol. The van der Waals surface area contributed by atoms with E-state index in [1.54, 1.807) is 23.7 Å².